The van der Waals surface area contributed by atoms with Crippen LogP contribution in [0, 0.1) is 11.6 Å². The van der Waals surface area contributed by atoms with Gasteiger partial charge in [-0.1, -0.05) is 26.0 Å². The second-order valence-electron chi connectivity index (χ2n) is 9.17. The first-order chi connectivity index (χ1) is 18.2. The minimum Gasteiger partial charge on any atom is -0.497 e. The van der Waals surface area contributed by atoms with E-state index < -0.39 is 29.8 Å². The van der Waals surface area contributed by atoms with E-state index in [-0.39, 0.29) is 31.8 Å². The molecule has 0 saturated heterocycles. The van der Waals surface area contributed by atoms with Crippen molar-refractivity contribution in [3.63, 3.8) is 0 Å². The van der Waals surface area contributed by atoms with Gasteiger partial charge < -0.3 is 30.7 Å². The van der Waals surface area contributed by atoms with Crippen LogP contribution in [0.4, 0.5) is 13.6 Å². The highest BCUT2D eigenvalue weighted by atomic mass is 19.1. The topological polar surface area (TPSA) is 103 Å². The van der Waals surface area contributed by atoms with Crippen LogP contribution in [-0.4, -0.2) is 67.4 Å². The number of hydrogen-bond donors (Lipinski definition) is 4. The Morgan fingerprint density at radius 3 is 2.34 bits per heavy atom. The van der Waals surface area contributed by atoms with E-state index in [1.165, 1.54) is 12.1 Å². The van der Waals surface area contributed by atoms with E-state index in [1.807, 2.05) is 38.1 Å². The molecule has 2 aromatic rings. The molecule has 0 saturated carbocycles. The van der Waals surface area contributed by atoms with E-state index in [1.54, 1.807) is 12.0 Å². The second-order valence-corrected chi connectivity index (χ2v) is 9.17. The lowest BCUT2D eigenvalue weighted by atomic mass is 10.0. The number of urea groups is 1. The number of nitrogens with one attached hydrogen (secondary N) is 3. The fraction of sp³-hybridized carbons (Fsp3) is 0.500. The highest BCUT2D eigenvalue weighted by Crippen LogP contribution is 2.14. The van der Waals surface area contributed by atoms with E-state index in [4.69, 9.17) is 4.74 Å². The van der Waals surface area contributed by atoms with E-state index in [9.17, 15) is 23.5 Å². The van der Waals surface area contributed by atoms with Gasteiger partial charge in [0.25, 0.3) is 0 Å². The number of ether oxygens (including phenoxy) is 1. The summed E-state index contributed by atoms with van der Waals surface area (Å²) in [4.78, 5) is 26.8. The highest BCUT2D eigenvalue weighted by Gasteiger charge is 2.23. The Morgan fingerprint density at radius 2 is 1.71 bits per heavy atom. The SMILES string of the molecule is CCCN(CCC)C(=O)CCNC(=O)N[C@@H](Cc1cc(F)cc(F)c1)[C@H](O)CNCc1cccc(OC)c1. The molecule has 0 spiro atoms. The smallest absolute Gasteiger partial charge is 0.315 e. The quantitative estimate of drug-likeness (QED) is 0.265. The van der Waals surface area contributed by atoms with Crippen molar-refractivity contribution in [2.24, 2.45) is 0 Å². The Labute approximate surface area is 223 Å². The number of amides is 3. The van der Waals surface area contributed by atoms with Crippen molar-refractivity contribution in [2.75, 3.05) is 33.3 Å². The van der Waals surface area contributed by atoms with Crippen molar-refractivity contribution in [1.82, 2.24) is 20.9 Å². The van der Waals surface area contributed by atoms with Crippen LogP contribution in [0.5, 0.6) is 5.75 Å². The molecule has 0 heterocycles. The molecule has 3 amide bonds. The molecule has 2 atom stereocenters. The van der Waals surface area contributed by atoms with Gasteiger partial charge in [-0.05, 0) is 54.7 Å². The van der Waals surface area contributed by atoms with E-state index in [0.29, 0.717) is 30.9 Å². The van der Waals surface area contributed by atoms with Crippen molar-refractivity contribution >= 4 is 11.9 Å². The summed E-state index contributed by atoms with van der Waals surface area (Å²) in [5, 5.41) is 19.3. The summed E-state index contributed by atoms with van der Waals surface area (Å²) in [7, 11) is 1.58. The first kappa shape index (κ1) is 31.0. The van der Waals surface area contributed by atoms with Crippen molar-refractivity contribution in [1.29, 1.82) is 0 Å². The molecule has 0 aliphatic carbocycles. The van der Waals surface area contributed by atoms with Gasteiger partial charge in [-0.2, -0.15) is 0 Å². The standard InChI is InChI=1S/C28H40F2N4O4/c1-4-11-34(12-5-2)27(36)9-10-32-28(37)33-25(16-21-13-22(29)17-23(30)14-21)26(35)19-31-18-20-7-6-8-24(15-20)38-3/h6-8,13-15,17,25-26,31,35H,4-5,9-12,16,18-19H2,1-3H3,(H2,32,33,37)/t25-,26+/m0/s1. The molecule has 0 aliphatic rings. The van der Waals surface area contributed by atoms with E-state index >= 15 is 0 Å². The van der Waals surface area contributed by atoms with Gasteiger partial charge in [0.15, 0.2) is 0 Å². The van der Waals surface area contributed by atoms with Crippen molar-refractivity contribution < 1.29 is 28.2 Å². The zero-order valence-corrected chi connectivity index (χ0v) is 22.4. The summed E-state index contributed by atoms with van der Waals surface area (Å²) in [5.74, 6) is -0.810. The molecule has 4 N–H and O–H groups in total. The number of carbonyl (C=O) groups excluding carboxylic acids is 2. The monoisotopic (exact) mass is 534 g/mol. The Bertz CT molecular complexity index is 998. The first-order valence-corrected chi connectivity index (χ1v) is 13.0. The summed E-state index contributed by atoms with van der Waals surface area (Å²) in [6, 6.07) is 9.13. The number of aliphatic hydroxyl groups is 1. The third-order valence-electron chi connectivity index (χ3n) is 5.94. The van der Waals surface area contributed by atoms with Crippen molar-refractivity contribution in [2.45, 2.75) is 58.2 Å². The van der Waals surface area contributed by atoms with Gasteiger partial charge >= 0.3 is 6.03 Å². The molecule has 0 aliphatic heterocycles. The largest absolute Gasteiger partial charge is 0.497 e. The van der Waals surface area contributed by atoms with Crippen LogP contribution in [0.25, 0.3) is 0 Å². The third kappa shape index (κ3) is 11.0. The third-order valence-corrected chi connectivity index (χ3v) is 5.94. The summed E-state index contributed by atoms with van der Waals surface area (Å²) in [6.45, 7) is 6.02. The molecule has 38 heavy (non-hydrogen) atoms. The summed E-state index contributed by atoms with van der Waals surface area (Å²) < 4.78 is 32.7. The average Bonchev–Trinajstić information content (AvgIpc) is 2.87. The molecule has 2 rings (SSSR count). The Hall–Kier alpha value is -3.24. The van der Waals surface area contributed by atoms with E-state index in [2.05, 4.69) is 16.0 Å². The lowest BCUT2D eigenvalue weighted by Gasteiger charge is -2.25. The van der Waals surface area contributed by atoms with Crippen LogP contribution < -0.4 is 20.7 Å². The molecule has 0 radical (unpaired) electrons. The van der Waals surface area contributed by atoms with Gasteiger partial charge in [-0.3, -0.25) is 4.79 Å². The van der Waals surface area contributed by atoms with Crippen LogP contribution in [0.1, 0.15) is 44.2 Å². The zero-order valence-electron chi connectivity index (χ0n) is 22.4. The van der Waals surface area contributed by atoms with Crippen molar-refractivity contribution in [3.8, 4) is 5.75 Å². The van der Waals surface area contributed by atoms with Crippen LogP contribution in [-0.2, 0) is 17.8 Å². The van der Waals surface area contributed by atoms with Crippen molar-refractivity contribution in [3.05, 3.63) is 65.2 Å². The predicted molar refractivity (Wildman–Crippen MR) is 143 cm³/mol. The predicted octanol–water partition coefficient (Wildman–Crippen LogP) is 3.37. The number of aliphatic hydroxyl groups excluding tert-OH is 1. The number of benzene rings is 2. The van der Waals surface area contributed by atoms with Gasteiger partial charge in [-0.15, -0.1) is 0 Å². The Morgan fingerprint density at radius 1 is 1.03 bits per heavy atom. The Kier molecular flexibility index (Phi) is 13.5. The normalized spacial score (nSPS) is 12.5. The Balaban J connectivity index is 1.97. The van der Waals surface area contributed by atoms with E-state index in [0.717, 1.165) is 24.5 Å². The average molecular weight is 535 g/mol. The van der Waals surface area contributed by atoms with Gasteiger partial charge in [0, 0.05) is 45.2 Å². The number of hydrogen-bond acceptors (Lipinski definition) is 5. The molecule has 10 heteroatoms. The van der Waals surface area contributed by atoms with Crippen LogP contribution in [0.2, 0.25) is 0 Å². The van der Waals surface area contributed by atoms with Gasteiger partial charge in [0.2, 0.25) is 5.91 Å². The maximum atomic E-state index is 13.8. The van der Waals surface area contributed by atoms with Crippen LogP contribution >= 0.6 is 0 Å². The lowest BCUT2D eigenvalue weighted by Crippen LogP contribution is -2.52. The molecule has 2 aromatic carbocycles. The van der Waals surface area contributed by atoms with Gasteiger partial charge in [-0.25, -0.2) is 13.6 Å². The maximum Gasteiger partial charge on any atom is 0.315 e. The number of nitrogens with zero attached hydrogens (tertiary/aromatic N) is 1. The first-order valence-electron chi connectivity index (χ1n) is 13.0. The minimum absolute atomic E-state index is 0.00378. The zero-order chi connectivity index (χ0) is 27.9. The molecule has 0 aromatic heterocycles. The molecule has 0 bridgehead atoms. The number of methoxy groups -OCH3 is 1. The minimum atomic E-state index is -1.07. The molecule has 0 fully saturated rings. The fourth-order valence-corrected chi connectivity index (χ4v) is 4.12. The maximum absolute atomic E-state index is 13.8. The number of carbonyl (C=O) groups is 2. The molecule has 8 nitrogen and oxygen atoms in total. The summed E-state index contributed by atoms with van der Waals surface area (Å²) in [6.07, 6.45) is 0.794. The van der Waals surface area contributed by atoms with Crippen LogP contribution in [0.3, 0.4) is 0 Å². The highest BCUT2D eigenvalue weighted by molar-refractivity contribution is 5.78. The van der Waals surface area contributed by atoms with Crippen LogP contribution in [0.15, 0.2) is 42.5 Å². The number of rotatable bonds is 16. The summed E-state index contributed by atoms with van der Waals surface area (Å²) >= 11 is 0. The molecule has 0 unspecified atom stereocenters. The second kappa shape index (κ2) is 16.6. The molecule has 210 valence electrons. The number of halogens is 2. The molecular weight excluding hydrogens is 494 g/mol. The van der Waals surface area contributed by atoms with Gasteiger partial charge in [0.1, 0.15) is 17.4 Å². The summed E-state index contributed by atoms with van der Waals surface area (Å²) in [5.41, 5.74) is 1.24. The van der Waals surface area contributed by atoms with Gasteiger partial charge in [0.05, 0.1) is 19.3 Å². The fourth-order valence-electron chi connectivity index (χ4n) is 4.12. The lowest BCUT2D eigenvalue weighted by molar-refractivity contribution is -0.131. The molecular formula is C28H40F2N4O4.